The molecule has 0 aliphatic heterocycles. The molecule has 3 atom stereocenters. The Bertz CT molecular complexity index is 356. The molecular weight excluding hydrogens is 236 g/mol. The fourth-order valence-corrected chi connectivity index (χ4v) is 2.61. The van der Waals surface area contributed by atoms with Crippen molar-refractivity contribution in [2.45, 2.75) is 26.7 Å². The Labute approximate surface area is 106 Å². The van der Waals surface area contributed by atoms with Crippen LogP contribution in [-0.2, 0) is 14.4 Å². The largest absolute Gasteiger partial charge is 0.481 e. The quantitative estimate of drug-likeness (QED) is 0.726. The molecule has 0 spiro atoms. The second-order valence-electron chi connectivity index (χ2n) is 4.95. The highest BCUT2D eigenvalue weighted by Crippen LogP contribution is 2.37. The lowest BCUT2D eigenvalue weighted by molar-refractivity contribution is -0.149. The van der Waals surface area contributed by atoms with Gasteiger partial charge < -0.3 is 15.7 Å². The lowest BCUT2D eigenvalue weighted by Crippen LogP contribution is -2.43. The third kappa shape index (κ3) is 3.21. The van der Waals surface area contributed by atoms with Crippen LogP contribution in [-0.4, -0.2) is 40.9 Å². The van der Waals surface area contributed by atoms with Gasteiger partial charge in [0.1, 0.15) is 0 Å². The number of rotatable bonds is 5. The number of nitrogens with two attached hydrogens (primary N) is 1. The van der Waals surface area contributed by atoms with E-state index in [2.05, 4.69) is 0 Å². The molecular formula is C12H20N2O4. The molecule has 18 heavy (non-hydrogen) atoms. The number of carboxylic acid groups (broad SMARTS) is 1. The highest BCUT2D eigenvalue weighted by Gasteiger charge is 2.42. The lowest BCUT2D eigenvalue weighted by Gasteiger charge is -2.24. The molecule has 0 aromatic carbocycles. The standard InChI is InChI=1S/C12H20N2O4/c1-3-14(6-10(13)15)11(16)8-4-7(2)5-9(8)12(17)18/h7-9H,3-6H2,1-2H3,(H2,13,15)(H,17,18)/t7?,8-,9+/m0/s1. The van der Waals surface area contributed by atoms with Crippen molar-refractivity contribution in [3.63, 3.8) is 0 Å². The first-order valence-electron chi connectivity index (χ1n) is 6.16. The third-order valence-electron chi connectivity index (χ3n) is 3.47. The first kappa shape index (κ1) is 14.5. The van der Waals surface area contributed by atoms with E-state index in [1.807, 2.05) is 6.92 Å². The minimum atomic E-state index is -0.937. The number of likely N-dealkylation sites (N-methyl/N-ethyl adjacent to an activating group) is 1. The van der Waals surface area contributed by atoms with Gasteiger partial charge >= 0.3 is 5.97 Å². The van der Waals surface area contributed by atoms with Gasteiger partial charge in [-0.2, -0.15) is 0 Å². The van der Waals surface area contributed by atoms with Crippen molar-refractivity contribution in [2.24, 2.45) is 23.5 Å². The molecule has 1 unspecified atom stereocenters. The van der Waals surface area contributed by atoms with E-state index in [1.54, 1.807) is 6.92 Å². The van der Waals surface area contributed by atoms with E-state index in [0.29, 0.717) is 19.4 Å². The molecule has 0 bridgehead atoms. The van der Waals surface area contributed by atoms with Crippen molar-refractivity contribution >= 4 is 17.8 Å². The van der Waals surface area contributed by atoms with Gasteiger partial charge in [-0.3, -0.25) is 14.4 Å². The molecule has 1 fully saturated rings. The van der Waals surface area contributed by atoms with Crippen LogP contribution < -0.4 is 5.73 Å². The number of carbonyl (C=O) groups excluding carboxylic acids is 2. The summed E-state index contributed by atoms with van der Waals surface area (Å²) in [5.41, 5.74) is 5.08. The van der Waals surface area contributed by atoms with Gasteiger partial charge in [0.25, 0.3) is 0 Å². The number of carboxylic acids is 1. The molecule has 0 saturated heterocycles. The van der Waals surface area contributed by atoms with Gasteiger partial charge in [0.15, 0.2) is 0 Å². The Hall–Kier alpha value is -1.59. The van der Waals surface area contributed by atoms with Crippen LogP contribution in [0.15, 0.2) is 0 Å². The Morgan fingerprint density at radius 1 is 1.28 bits per heavy atom. The summed E-state index contributed by atoms with van der Waals surface area (Å²) in [5, 5.41) is 9.12. The Kier molecular flexibility index (Phi) is 4.69. The number of nitrogens with zero attached hydrogens (tertiary/aromatic N) is 1. The maximum Gasteiger partial charge on any atom is 0.307 e. The number of hydrogen-bond acceptors (Lipinski definition) is 3. The maximum absolute atomic E-state index is 12.2. The summed E-state index contributed by atoms with van der Waals surface area (Å²) in [7, 11) is 0. The van der Waals surface area contributed by atoms with E-state index < -0.39 is 23.7 Å². The molecule has 6 heteroatoms. The fraction of sp³-hybridized carbons (Fsp3) is 0.750. The Morgan fingerprint density at radius 2 is 1.83 bits per heavy atom. The topological polar surface area (TPSA) is 101 Å². The van der Waals surface area contributed by atoms with Crippen LogP contribution in [0.25, 0.3) is 0 Å². The van der Waals surface area contributed by atoms with Crippen molar-refractivity contribution in [1.29, 1.82) is 0 Å². The average Bonchev–Trinajstić information content (AvgIpc) is 2.67. The molecule has 0 heterocycles. The summed E-state index contributed by atoms with van der Waals surface area (Å²) in [6, 6.07) is 0. The van der Waals surface area contributed by atoms with Crippen LogP contribution >= 0.6 is 0 Å². The highest BCUT2D eigenvalue weighted by molar-refractivity contribution is 5.88. The van der Waals surface area contributed by atoms with Crippen LogP contribution in [0, 0.1) is 17.8 Å². The normalized spacial score (nSPS) is 26.9. The van der Waals surface area contributed by atoms with Crippen molar-refractivity contribution in [3.05, 3.63) is 0 Å². The summed E-state index contributed by atoms with van der Waals surface area (Å²) in [6.07, 6.45) is 1.07. The van der Waals surface area contributed by atoms with Crippen molar-refractivity contribution in [1.82, 2.24) is 4.90 Å². The lowest BCUT2D eigenvalue weighted by atomic mass is 9.94. The van der Waals surface area contributed by atoms with Gasteiger partial charge in [-0.05, 0) is 25.7 Å². The number of carbonyl (C=O) groups is 3. The monoisotopic (exact) mass is 256 g/mol. The summed E-state index contributed by atoms with van der Waals surface area (Å²) in [6.45, 7) is 3.90. The third-order valence-corrected chi connectivity index (χ3v) is 3.47. The first-order chi connectivity index (χ1) is 8.36. The van der Waals surface area contributed by atoms with Gasteiger partial charge in [-0.15, -0.1) is 0 Å². The molecule has 3 N–H and O–H groups in total. The van der Waals surface area contributed by atoms with Crippen LogP contribution in [0.5, 0.6) is 0 Å². The molecule has 1 aliphatic rings. The molecule has 6 nitrogen and oxygen atoms in total. The van der Waals surface area contributed by atoms with Crippen molar-refractivity contribution < 1.29 is 19.5 Å². The summed E-state index contributed by atoms with van der Waals surface area (Å²) < 4.78 is 0. The van der Waals surface area contributed by atoms with Crippen LogP contribution in [0.3, 0.4) is 0 Å². The van der Waals surface area contributed by atoms with Crippen LogP contribution in [0.1, 0.15) is 26.7 Å². The highest BCUT2D eigenvalue weighted by atomic mass is 16.4. The molecule has 1 aliphatic carbocycles. The zero-order chi connectivity index (χ0) is 13.9. The SMILES string of the molecule is CCN(CC(N)=O)C(=O)[C@H]1CC(C)C[C@H]1C(=O)O. The van der Waals surface area contributed by atoms with E-state index in [1.165, 1.54) is 4.90 Å². The summed E-state index contributed by atoms with van der Waals surface area (Å²) in [5.74, 6) is -2.75. The predicted octanol–water partition coefficient (Wildman–Crippen LogP) is 0.0671. The molecule has 1 rings (SSSR count). The van der Waals surface area contributed by atoms with Gasteiger partial charge in [0, 0.05) is 6.54 Å². The molecule has 0 radical (unpaired) electrons. The molecule has 0 aromatic rings. The molecule has 102 valence electrons. The molecule has 1 saturated carbocycles. The zero-order valence-corrected chi connectivity index (χ0v) is 10.8. The van der Waals surface area contributed by atoms with Crippen molar-refractivity contribution in [3.8, 4) is 0 Å². The average molecular weight is 256 g/mol. The number of hydrogen-bond donors (Lipinski definition) is 2. The second-order valence-corrected chi connectivity index (χ2v) is 4.95. The minimum Gasteiger partial charge on any atom is -0.481 e. The Balaban J connectivity index is 2.80. The molecule has 2 amide bonds. The van der Waals surface area contributed by atoms with Gasteiger partial charge in [0.2, 0.25) is 11.8 Å². The van der Waals surface area contributed by atoms with Gasteiger partial charge in [-0.25, -0.2) is 0 Å². The Morgan fingerprint density at radius 3 is 2.28 bits per heavy atom. The second kappa shape index (κ2) is 5.84. The van der Waals surface area contributed by atoms with Crippen LogP contribution in [0.4, 0.5) is 0 Å². The number of aliphatic carboxylic acids is 1. The minimum absolute atomic E-state index is 0.146. The number of amides is 2. The predicted molar refractivity (Wildman–Crippen MR) is 64.5 cm³/mol. The van der Waals surface area contributed by atoms with Crippen molar-refractivity contribution in [2.75, 3.05) is 13.1 Å². The van der Waals surface area contributed by atoms with Gasteiger partial charge in [0.05, 0.1) is 18.4 Å². The van der Waals surface area contributed by atoms with E-state index in [-0.39, 0.29) is 18.4 Å². The molecule has 0 aromatic heterocycles. The van der Waals surface area contributed by atoms with Gasteiger partial charge in [-0.1, -0.05) is 6.92 Å². The summed E-state index contributed by atoms with van der Waals surface area (Å²) in [4.78, 5) is 35.6. The van der Waals surface area contributed by atoms with E-state index in [4.69, 9.17) is 10.8 Å². The zero-order valence-electron chi connectivity index (χ0n) is 10.8. The smallest absolute Gasteiger partial charge is 0.307 e. The first-order valence-corrected chi connectivity index (χ1v) is 6.16. The van der Waals surface area contributed by atoms with E-state index >= 15 is 0 Å². The fourth-order valence-electron chi connectivity index (χ4n) is 2.61. The number of primary amides is 1. The van der Waals surface area contributed by atoms with Crippen LogP contribution in [0.2, 0.25) is 0 Å². The van der Waals surface area contributed by atoms with E-state index in [0.717, 1.165) is 0 Å². The summed E-state index contributed by atoms with van der Waals surface area (Å²) >= 11 is 0. The maximum atomic E-state index is 12.2. The van der Waals surface area contributed by atoms with E-state index in [9.17, 15) is 14.4 Å².